The zero-order chi connectivity index (χ0) is 39.8. The molecule has 1 saturated heterocycles. The van der Waals surface area contributed by atoms with E-state index in [-0.39, 0.29) is 56.6 Å². The number of non-ortho nitro benzene ring substituents is 1. The van der Waals surface area contributed by atoms with Crippen LogP contribution in [0.15, 0.2) is 108 Å². The van der Waals surface area contributed by atoms with Crippen molar-refractivity contribution in [3.63, 3.8) is 0 Å². The highest BCUT2D eigenvalue weighted by Crippen LogP contribution is 2.60. The molecule has 4 aromatic rings. The summed E-state index contributed by atoms with van der Waals surface area (Å²) in [5.41, 5.74) is 1.96. The van der Waals surface area contributed by atoms with E-state index in [1.54, 1.807) is 37.4 Å². The molecule has 3 amide bonds. The summed E-state index contributed by atoms with van der Waals surface area (Å²) in [4.78, 5) is 68.6. The number of nitro groups is 1. The molecule has 0 aromatic heterocycles. The van der Waals surface area contributed by atoms with Gasteiger partial charge in [-0.2, -0.15) is 5.10 Å². The summed E-state index contributed by atoms with van der Waals surface area (Å²) in [6.45, 7) is 5.41. The maximum atomic E-state index is 15.1. The molecule has 3 aliphatic rings. The Morgan fingerprint density at radius 2 is 1.68 bits per heavy atom. The smallest absolute Gasteiger partial charge is 0.269 e. The SMILES string of the molecule is C[C@H]1[C@H]([Si](C)(C)O)[C@@H](CC(=O)N(CCO)Cc2ccccc2)O[C@]12C(=O)N(Cc1cccc(N3N=C(c4ccccc4)CCC3=O)c1)c1ccc([N+](=O)[O-])cc12. The fourth-order valence-corrected chi connectivity index (χ4v) is 11.2. The van der Waals surface area contributed by atoms with Gasteiger partial charge in [-0.05, 0) is 48.0 Å². The molecule has 0 saturated carbocycles. The highest BCUT2D eigenvalue weighted by atomic mass is 28.4. The molecule has 56 heavy (non-hydrogen) atoms. The van der Waals surface area contributed by atoms with E-state index in [0.29, 0.717) is 28.9 Å². The molecule has 2 N–H and O–H groups in total. The van der Waals surface area contributed by atoms with Crippen LogP contribution in [0.5, 0.6) is 0 Å². The third-order valence-electron chi connectivity index (χ3n) is 11.1. The number of rotatable bonds is 12. The summed E-state index contributed by atoms with van der Waals surface area (Å²) in [6, 6.07) is 30.5. The predicted octanol–water partition coefficient (Wildman–Crippen LogP) is 5.88. The van der Waals surface area contributed by atoms with Gasteiger partial charge in [0.05, 0.1) is 47.7 Å². The number of hydrogen-bond acceptors (Lipinski definition) is 9. The Kier molecular flexibility index (Phi) is 10.7. The lowest BCUT2D eigenvalue weighted by molar-refractivity contribution is -0.385. The van der Waals surface area contributed by atoms with Crippen LogP contribution >= 0.6 is 0 Å². The molecule has 0 bridgehead atoms. The van der Waals surface area contributed by atoms with Gasteiger partial charge in [0.2, 0.25) is 11.8 Å². The van der Waals surface area contributed by atoms with E-state index in [0.717, 1.165) is 16.8 Å². The Labute approximate surface area is 326 Å². The average molecular weight is 776 g/mol. The highest BCUT2D eigenvalue weighted by molar-refractivity contribution is 6.71. The molecule has 1 fully saturated rings. The molecule has 0 unspecified atom stereocenters. The summed E-state index contributed by atoms with van der Waals surface area (Å²) in [7, 11) is -3.18. The lowest BCUT2D eigenvalue weighted by Gasteiger charge is -2.32. The maximum absolute atomic E-state index is 15.1. The van der Waals surface area contributed by atoms with Gasteiger partial charge in [-0.15, -0.1) is 0 Å². The molecular weight excluding hydrogens is 731 g/mol. The fourth-order valence-electron chi connectivity index (χ4n) is 8.61. The van der Waals surface area contributed by atoms with Crippen molar-refractivity contribution in [2.24, 2.45) is 11.0 Å². The van der Waals surface area contributed by atoms with E-state index in [1.165, 1.54) is 26.9 Å². The number of aliphatic hydroxyl groups excluding tert-OH is 1. The summed E-state index contributed by atoms with van der Waals surface area (Å²) < 4.78 is 6.82. The van der Waals surface area contributed by atoms with E-state index >= 15 is 4.79 Å². The van der Waals surface area contributed by atoms with E-state index in [2.05, 4.69) is 0 Å². The topological polar surface area (TPSA) is 166 Å². The van der Waals surface area contributed by atoms with Gasteiger partial charge in [-0.3, -0.25) is 24.5 Å². The number of fused-ring (bicyclic) bond motifs is 2. The van der Waals surface area contributed by atoms with Gasteiger partial charge in [0.15, 0.2) is 13.9 Å². The molecule has 4 aromatic carbocycles. The second-order valence-corrected chi connectivity index (χ2v) is 19.2. The Hall–Kier alpha value is -5.54. The number of nitrogens with zero attached hydrogens (tertiary/aromatic N) is 5. The van der Waals surface area contributed by atoms with E-state index in [1.807, 2.05) is 73.7 Å². The van der Waals surface area contributed by atoms with Gasteiger partial charge in [0.25, 0.3) is 11.6 Å². The van der Waals surface area contributed by atoms with Crippen LogP contribution < -0.4 is 9.91 Å². The summed E-state index contributed by atoms with van der Waals surface area (Å²) in [6.07, 6.45) is -0.276. The van der Waals surface area contributed by atoms with E-state index < -0.39 is 42.3 Å². The average Bonchev–Trinajstić information content (AvgIpc) is 3.61. The van der Waals surface area contributed by atoms with E-state index in [4.69, 9.17) is 9.84 Å². The van der Waals surface area contributed by atoms with Crippen molar-refractivity contribution in [3.8, 4) is 0 Å². The first-order valence-corrected chi connectivity index (χ1v) is 21.8. The Bertz CT molecular complexity index is 2180. The van der Waals surface area contributed by atoms with Crippen LogP contribution in [-0.2, 0) is 37.8 Å². The van der Waals surface area contributed by atoms with Gasteiger partial charge < -0.3 is 24.4 Å². The predicted molar refractivity (Wildman–Crippen MR) is 213 cm³/mol. The number of aliphatic hydroxyl groups is 1. The Balaban J connectivity index is 1.23. The monoisotopic (exact) mass is 775 g/mol. The second kappa shape index (κ2) is 15.5. The first-order chi connectivity index (χ1) is 26.8. The number of carbonyl (C=O) groups excluding carboxylic acids is 3. The van der Waals surface area contributed by atoms with Gasteiger partial charge in [0, 0.05) is 55.1 Å². The molecule has 0 radical (unpaired) electrons. The minimum absolute atomic E-state index is 0.0438. The third kappa shape index (κ3) is 7.28. The Morgan fingerprint density at radius 1 is 0.982 bits per heavy atom. The molecule has 13 nitrogen and oxygen atoms in total. The first-order valence-electron chi connectivity index (χ1n) is 18.8. The highest BCUT2D eigenvalue weighted by Gasteiger charge is 2.66. The van der Waals surface area contributed by atoms with Crippen molar-refractivity contribution in [1.82, 2.24) is 4.90 Å². The fraction of sp³-hybridized carbons (Fsp3) is 0.333. The quantitative estimate of drug-likeness (QED) is 0.102. The molecule has 4 atom stereocenters. The van der Waals surface area contributed by atoms with Crippen LogP contribution in [0.2, 0.25) is 18.6 Å². The molecule has 3 aliphatic heterocycles. The van der Waals surface area contributed by atoms with Crippen molar-refractivity contribution in [2.75, 3.05) is 23.1 Å². The van der Waals surface area contributed by atoms with Crippen LogP contribution in [0.25, 0.3) is 0 Å². The number of hydrogen-bond donors (Lipinski definition) is 2. The number of amides is 3. The lowest BCUT2D eigenvalue weighted by atomic mass is 9.82. The zero-order valence-electron chi connectivity index (χ0n) is 31.6. The molecule has 0 aliphatic carbocycles. The summed E-state index contributed by atoms with van der Waals surface area (Å²) >= 11 is 0. The van der Waals surface area contributed by atoms with Crippen molar-refractivity contribution in [1.29, 1.82) is 0 Å². The van der Waals surface area contributed by atoms with Gasteiger partial charge in [-0.1, -0.05) is 79.7 Å². The maximum Gasteiger partial charge on any atom is 0.269 e. The van der Waals surface area contributed by atoms with Crippen LogP contribution in [0.1, 0.15) is 48.4 Å². The Morgan fingerprint density at radius 3 is 2.36 bits per heavy atom. The summed E-state index contributed by atoms with van der Waals surface area (Å²) in [5, 5.41) is 28.1. The standard InChI is InChI=1S/C42H45N5O8Si/c1-28-40(56(2,3)54)37(25-39(50)44(21-22-48)26-29-11-6-4-7-12-29)55-42(28)34-24-33(47(52)53)17-19-36(34)45(41(42)51)27-30-13-10-16-32(23-30)46-38(49)20-18-35(43-46)31-14-8-5-9-15-31/h4-17,19,23-24,28,37,40,48,54H,18,20-22,25-27H2,1-3H3/t28-,37+,40-,42+/m0/s1. The van der Waals surface area contributed by atoms with Crippen molar-refractivity contribution >= 4 is 48.8 Å². The first kappa shape index (κ1) is 38.7. The number of hydrazone groups is 1. The molecule has 1 spiro atoms. The minimum atomic E-state index is -3.18. The number of benzene rings is 4. The van der Waals surface area contributed by atoms with Gasteiger partial charge in [0.1, 0.15) is 0 Å². The van der Waals surface area contributed by atoms with Crippen molar-refractivity contribution in [2.45, 2.75) is 69.6 Å². The van der Waals surface area contributed by atoms with Crippen LogP contribution in [0.3, 0.4) is 0 Å². The normalized spacial score (nSPS) is 22.0. The number of nitro benzene ring substituents is 1. The molecule has 7 rings (SSSR count). The largest absolute Gasteiger partial charge is 0.432 e. The molecule has 290 valence electrons. The lowest BCUT2D eigenvalue weighted by Crippen LogP contribution is -2.46. The second-order valence-electron chi connectivity index (χ2n) is 15.2. The third-order valence-corrected chi connectivity index (χ3v) is 13.6. The number of ether oxygens (including phenoxy) is 1. The number of carbonyl (C=O) groups is 3. The van der Waals surface area contributed by atoms with Crippen LogP contribution in [0, 0.1) is 16.0 Å². The van der Waals surface area contributed by atoms with Crippen molar-refractivity contribution in [3.05, 3.63) is 135 Å². The van der Waals surface area contributed by atoms with Gasteiger partial charge in [-0.25, -0.2) is 5.01 Å². The summed E-state index contributed by atoms with van der Waals surface area (Å²) in [5.74, 6) is -1.61. The van der Waals surface area contributed by atoms with Gasteiger partial charge >= 0.3 is 0 Å². The molecule has 14 heteroatoms. The van der Waals surface area contributed by atoms with Crippen LogP contribution in [-0.4, -0.2) is 70.7 Å². The van der Waals surface area contributed by atoms with Crippen LogP contribution in [0.4, 0.5) is 17.1 Å². The zero-order valence-corrected chi connectivity index (χ0v) is 32.6. The van der Waals surface area contributed by atoms with E-state index in [9.17, 15) is 29.6 Å². The van der Waals surface area contributed by atoms with Crippen molar-refractivity contribution < 1.29 is 33.9 Å². The molecular formula is C42H45N5O8Si. The molecule has 3 heterocycles. The minimum Gasteiger partial charge on any atom is -0.432 e. The number of anilines is 2.